The normalized spacial score (nSPS) is 11.2. The van der Waals surface area contributed by atoms with E-state index in [1.54, 1.807) is 6.07 Å². The van der Waals surface area contributed by atoms with Gasteiger partial charge in [0.2, 0.25) is 0 Å². The second kappa shape index (κ2) is 7.01. The zero-order valence-corrected chi connectivity index (χ0v) is 15.0. The third kappa shape index (κ3) is 3.38. The van der Waals surface area contributed by atoms with Crippen LogP contribution in [0.15, 0.2) is 42.6 Å². The van der Waals surface area contributed by atoms with Crippen molar-refractivity contribution in [3.8, 4) is 5.75 Å². The van der Waals surface area contributed by atoms with Gasteiger partial charge in [-0.05, 0) is 73.2 Å². The predicted octanol–water partition coefficient (Wildman–Crippen LogP) is 5.48. The fourth-order valence-corrected chi connectivity index (χ4v) is 3.34. The number of aromatic nitrogens is 1. The molecule has 0 saturated heterocycles. The molecule has 25 heavy (non-hydrogen) atoms. The number of nitrogens with one attached hydrogen (secondary N) is 1. The number of aryl methyl sites for hydroxylation is 1. The molecule has 4 nitrogen and oxygen atoms in total. The van der Waals surface area contributed by atoms with E-state index >= 15 is 0 Å². The van der Waals surface area contributed by atoms with E-state index in [0.29, 0.717) is 17.4 Å². The molecule has 0 radical (unpaired) electrons. The summed E-state index contributed by atoms with van der Waals surface area (Å²) < 4.78 is 0. The highest BCUT2D eigenvalue weighted by molar-refractivity contribution is 5.96. The summed E-state index contributed by atoms with van der Waals surface area (Å²) in [6.45, 7) is 6.40. The quantitative estimate of drug-likeness (QED) is 0.426. The van der Waals surface area contributed by atoms with Gasteiger partial charge in [0.05, 0.1) is 11.2 Å². The number of rotatable bonds is 5. The molecule has 0 aliphatic heterocycles. The number of pyridine rings is 1. The van der Waals surface area contributed by atoms with Gasteiger partial charge in [-0.15, -0.1) is 0 Å². The molecule has 3 aromatic rings. The van der Waals surface area contributed by atoms with Gasteiger partial charge in [0.25, 0.3) is 0 Å². The average Bonchev–Trinajstić information content (AvgIpc) is 2.60. The fourth-order valence-electron chi connectivity index (χ4n) is 3.34. The molecule has 0 aliphatic rings. The Morgan fingerprint density at radius 1 is 1.12 bits per heavy atom. The van der Waals surface area contributed by atoms with E-state index in [9.17, 15) is 5.11 Å². The molecule has 0 saturated carbocycles. The Morgan fingerprint density at radius 2 is 1.88 bits per heavy atom. The van der Waals surface area contributed by atoms with Crippen LogP contribution >= 0.6 is 0 Å². The lowest BCUT2D eigenvalue weighted by atomic mass is 9.92. The number of fused-ring (bicyclic) bond motifs is 1. The molecule has 2 aromatic carbocycles. The molecule has 1 aromatic heterocycles. The van der Waals surface area contributed by atoms with Crippen molar-refractivity contribution < 1.29 is 5.11 Å². The van der Waals surface area contributed by atoms with Crippen molar-refractivity contribution in [3.63, 3.8) is 0 Å². The van der Waals surface area contributed by atoms with Crippen LogP contribution in [-0.2, 0) is 0 Å². The molecule has 0 fully saturated rings. The van der Waals surface area contributed by atoms with Gasteiger partial charge in [0.15, 0.2) is 0 Å². The van der Waals surface area contributed by atoms with E-state index in [0.717, 1.165) is 46.2 Å². The van der Waals surface area contributed by atoms with E-state index < -0.39 is 0 Å². The van der Waals surface area contributed by atoms with Crippen molar-refractivity contribution in [1.82, 2.24) is 4.98 Å². The van der Waals surface area contributed by atoms with Gasteiger partial charge in [-0.1, -0.05) is 13.8 Å². The number of aromatic hydroxyl groups is 1. The van der Waals surface area contributed by atoms with E-state index in [-0.39, 0.29) is 0 Å². The zero-order valence-electron chi connectivity index (χ0n) is 15.0. The Balaban J connectivity index is 2.12. The Morgan fingerprint density at radius 3 is 2.60 bits per heavy atom. The molecule has 0 atom stereocenters. The van der Waals surface area contributed by atoms with Crippen LogP contribution in [0.2, 0.25) is 0 Å². The summed E-state index contributed by atoms with van der Waals surface area (Å²) in [6, 6.07) is 11.3. The Hall–Kier alpha value is -2.75. The summed E-state index contributed by atoms with van der Waals surface area (Å²) in [4.78, 5) is 4.49. The molecule has 3 rings (SSSR count). The summed E-state index contributed by atoms with van der Waals surface area (Å²) in [5.74, 6) is 0.704. The third-order valence-electron chi connectivity index (χ3n) is 4.80. The Kier molecular flexibility index (Phi) is 4.79. The minimum absolute atomic E-state index is 0.302. The number of anilines is 3. The van der Waals surface area contributed by atoms with Crippen molar-refractivity contribution in [1.29, 1.82) is 0 Å². The monoisotopic (exact) mass is 335 g/mol. The molecule has 0 amide bonds. The number of benzene rings is 2. The molecule has 0 unspecified atom stereocenters. The molecule has 130 valence electrons. The Labute approximate surface area is 148 Å². The molecule has 4 N–H and O–H groups in total. The first-order chi connectivity index (χ1) is 12.0. The van der Waals surface area contributed by atoms with E-state index in [1.165, 1.54) is 0 Å². The van der Waals surface area contributed by atoms with Crippen molar-refractivity contribution >= 4 is 28.0 Å². The summed E-state index contributed by atoms with van der Waals surface area (Å²) in [5, 5.41) is 14.6. The number of phenols is 1. The SMILES string of the molecule is CCC(CC)c1cc(O)ccc1Nc1c(C)cnc2cc(N)ccc12. The maximum absolute atomic E-state index is 9.95. The van der Waals surface area contributed by atoms with Crippen LogP contribution in [0.25, 0.3) is 10.9 Å². The summed E-state index contributed by atoms with van der Waals surface area (Å²) in [6.07, 6.45) is 3.92. The molecular weight excluding hydrogens is 310 g/mol. The van der Waals surface area contributed by atoms with Crippen molar-refractivity contribution in [2.45, 2.75) is 39.5 Å². The molecule has 0 spiro atoms. The van der Waals surface area contributed by atoms with Gasteiger partial charge >= 0.3 is 0 Å². The third-order valence-corrected chi connectivity index (χ3v) is 4.80. The first-order valence-corrected chi connectivity index (χ1v) is 8.78. The standard InChI is InChI=1S/C21H25N3O/c1-4-14(5-2)18-11-16(25)7-9-19(18)24-21-13(3)12-23-20-10-15(22)6-8-17(20)21/h6-12,14,25H,4-5,22H2,1-3H3,(H,23,24). The van der Waals surface area contributed by atoms with Crippen LogP contribution in [0.5, 0.6) is 5.75 Å². The van der Waals surface area contributed by atoms with Crippen LogP contribution < -0.4 is 11.1 Å². The minimum atomic E-state index is 0.302. The van der Waals surface area contributed by atoms with Gasteiger partial charge in [0, 0.05) is 23.0 Å². The number of nitrogen functional groups attached to an aromatic ring is 1. The molecular formula is C21H25N3O. The van der Waals surface area contributed by atoms with Crippen LogP contribution in [0.4, 0.5) is 17.1 Å². The van der Waals surface area contributed by atoms with Crippen LogP contribution in [0.3, 0.4) is 0 Å². The largest absolute Gasteiger partial charge is 0.508 e. The van der Waals surface area contributed by atoms with Crippen molar-refractivity contribution in [3.05, 3.63) is 53.7 Å². The first kappa shape index (κ1) is 17.1. The van der Waals surface area contributed by atoms with Gasteiger partial charge < -0.3 is 16.2 Å². The first-order valence-electron chi connectivity index (χ1n) is 8.78. The second-order valence-electron chi connectivity index (χ2n) is 6.50. The van der Waals surface area contributed by atoms with Crippen molar-refractivity contribution in [2.75, 3.05) is 11.1 Å². The molecule has 0 bridgehead atoms. The number of nitrogens with zero attached hydrogens (tertiary/aromatic N) is 1. The van der Waals surface area contributed by atoms with Crippen LogP contribution in [0, 0.1) is 6.92 Å². The lowest BCUT2D eigenvalue weighted by Crippen LogP contribution is -2.03. The highest BCUT2D eigenvalue weighted by Gasteiger charge is 2.15. The summed E-state index contributed by atoms with van der Waals surface area (Å²) in [5.41, 5.74) is 11.7. The maximum Gasteiger partial charge on any atom is 0.116 e. The highest BCUT2D eigenvalue weighted by Crippen LogP contribution is 2.36. The Bertz CT molecular complexity index is 901. The molecule has 0 aliphatic carbocycles. The molecule has 1 heterocycles. The predicted molar refractivity (Wildman–Crippen MR) is 106 cm³/mol. The zero-order chi connectivity index (χ0) is 18.0. The van der Waals surface area contributed by atoms with Gasteiger partial charge in [0.1, 0.15) is 5.75 Å². The average molecular weight is 335 g/mol. The second-order valence-corrected chi connectivity index (χ2v) is 6.50. The number of hydrogen-bond donors (Lipinski definition) is 3. The lowest BCUT2D eigenvalue weighted by molar-refractivity contribution is 0.473. The minimum Gasteiger partial charge on any atom is -0.508 e. The van der Waals surface area contributed by atoms with Gasteiger partial charge in [-0.3, -0.25) is 4.98 Å². The van der Waals surface area contributed by atoms with E-state index in [1.807, 2.05) is 43.5 Å². The van der Waals surface area contributed by atoms with Gasteiger partial charge in [-0.2, -0.15) is 0 Å². The highest BCUT2D eigenvalue weighted by atomic mass is 16.3. The fraction of sp³-hybridized carbons (Fsp3) is 0.286. The van der Waals surface area contributed by atoms with Crippen molar-refractivity contribution in [2.24, 2.45) is 0 Å². The van der Waals surface area contributed by atoms with Crippen LogP contribution in [0.1, 0.15) is 43.7 Å². The van der Waals surface area contributed by atoms with E-state index in [4.69, 9.17) is 5.73 Å². The van der Waals surface area contributed by atoms with E-state index in [2.05, 4.69) is 24.1 Å². The lowest BCUT2D eigenvalue weighted by Gasteiger charge is -2.21. The maximum atomic E-state index is 9.95. The topological polar surface area (TPSA) is 71.2 Å². The summed E-state index contributed by atoms with van der Waals surface area (Å²) in [7, 11) is 0. The molecule has 4 heteroatoms. The summed E-state index contributed by atoms with van der Waals surface area (Å²) >= 11 is 0. The number of hydrogen-bond acceptors (Lipinski definition) is 4. The number of nitrogens with two attached hydrogens (primary N) is 1. The van der Waals surface area contributed by atoms with Gasteiger partial charge in [-0.25, -0.2) is 0 Å². The number of phenolic OH excluding ortho intramolecular Hbond substituents is 1. The smallest absolute Gasteiger partial charge is 0.116 e. The van der Waals surface area contributed by atoms with Crippen LogP contribution in [-0.4, -0.2) is 10.1 Å².